The van der Waals surface area contributed by atoms with Crippen LogP contribution in [-0.4, -0.2) is 36.7 Å². The molecular weight excluding hydrogens is 349 g/mol. The number of amides is 2. The molecule has 1 aromatic rings. The smallest absolute Gasteiger partial charge is 0.416 e. The van der Waals surface area contributed by atoms with Gasteiger partial charge in [-0.2, -0.15) is 13.2 Å². The van der Waals surface area contributed by atoms with E-state index in [1.807, 2.05) is 0 Å². The van der Waals surface area contributed by atoms with Gasteiger partial charge < -0.3 is 15.4 Å². The highest BCUT2D eigenvalue weighted by molar-refractivity contribution is 8.01. The number of fused-ring (bicyclic) bond motifs is 1. The Kier molecular flexibility index (Phi) is 5.37. The Hall–Kier alpha value is -2.23. The fourth-order valence-corrected chi connectivity index (χ4v) is 3.04. The number of hydrogen-bond donors (Lipinski definition) is 2. The van der Waals surface area contributed by atoms with Gasteiger partial charge in [-0.25, -0.2) is 0 Å². The summed E-state index contributed by atoms with van der Waals surface area (Å²) < 4.78 is 42.4. The van der Waals surface area contributed by atoms with E-state index in [-0.39, 0.29) is 18.7 Å². The molecular formula is C14H13F3N2O4S. The predicted molar refractivity (Wildman–Crippen MR) is 79.4 cm³/mol. The van der Waals surface area contributed by atoms with Crippen molar-refractivity contribution in [1.29, 1.82) is 0 Å². The molecule has 0 saturated carbocycles. The first-order valence-corrected chi connectivity index (χ1v) is 7.61. The number of carbonyl (C=O) groups excluding carboxylic acids is 3. The number of thioether (sulfide) groups is 1. The molecule has 0 aliphatic carbocycles. The lowest BCUT2D eigenvalue weighted by Crippen LogP contribution is -2.37. The lowest BCUT2D eigenvalue weighted by atomic mass is 10.1. The minimum Gasteiger partial charge on any atom is -0.468 e. The maximum atomic E-state index is 12.7. The minimum absolute atomic E-state index is 0.0612. The van der Waals surface area contributed by atoms with Crippen LogP contribution >= 0.6 is 11.8 Å². The Morgan fingerprint density at radius 1 is 1.38 bits per heavy atom. The Labute approximate surface area is 139 Å². The van der Waals surface area contributed by atoms with E-state index in [1.54, 1.807) is 0 Å². The number of nitrogens with one attached hydrogen (secondary N) is 2. The molecule has 130 valence electrons. The molecule has 1 aliphatic heterocycles. The molecule has 2 amide bonds. The first kappa shape index (κ1) is 18.1. The molecule has 1 atom stereocenters. The first-order valence-electron chi connectivity index (χ1n) is 6.73. The molecule has 0 bridgehead atoms. The number of carbonyl (C=O) groups is 3. The highest BCUT2D eigenvalue weighted by Crippen LogP contribution is 2.40. The van der Waals surface area contributed by atoms with Crippen molar-refractivity contribution in [3.63, 3.8) is 0 Å². The van der Waals surface area contributed by atoms with E-state index < -0.39 is 34.8 Å². The van der Waals surface area contributed by atoms with E-state index in [0.29, 0.717) is 4.90 Å². The van der Waals surface area contributed by atoms with Crippen LogP contribution in [0.3, 0.4) is 0 Å². The van der Waals surface area contributed by atoms with Crippen molar-refractivity contribution in [2.45, 2.75) is 22.7 Å². The standard InChI is InChI=1S/C14H13F3N2O4S/c1-23-12(21)6-18-11(20)5-10-13(22)19-8-4-7(14(15,16)17)2-3-9(8)24-10/h2-4,10H,5-6H2,1H3,(H,18,20)(H,19,22). The van der Waals surface area contributed by atoms with Crippen LogP contribution in [0.1, 0.15) is 12.0 Å². The number of hydrogen-bond acceptors (Lipinski definition) is 5. The molecule has 10 heteroatoms. The van der Waals surface area contributed by atoms with Crippen LogP contribution in [-0.2, 0) is 25.3 Å². The van der Waals surface area contributed by atoms with Crippen LogP contribution in [0, 0.1) is 0 Å². The fourth-order valence-electron chi connectivity index (χ4n) is 1.94. The van der Waals surface area contributed by atoms with Gasteiger partial charge in [0.15, 0.2) is 0 Å². The third-order valence-corrected chi connectivity index (χ3v) is 4.43. The van der Waals surface area contributed by atoms with Crippen molar-refractivity contribution in [3.8, 4) is 0 Å². The largest absolute Gasteiger partial charge is 0.468 e. The van der Waals surface area contributed by atoms with Gasteiger partial charge in [0.25, 0.3) is 0 Å². The van der Waals surface area contributed by atoms with E-state index >= 15 is 0 Å². The van der Waals surface area contributed by atoms with Crippen LogP contribution in [0.25, 0.3) is 0 Å². The molecule has 2 N–H and O–H groups in total. The molecule has 1 aliphatic rings. The number of anilines is 1. The van der Waals surface area contributed by atoms with E-state index in [9.17, 15) is 27.6 Å². The van der Waals surface area contributed by atoms with Gasteiger partial charge >= 0.3 is 12.1 Å². The lowest BCUT2D eigenvalue weighted by molar-refractivity contribution is -0.141. The van der Waals surface area contributed by atoms with Crippen LogP contribution < -0.4 is 10.6 Å². The number of benzene rings is 1. The normalized spacial score (nSPS) is 16.8. The summed E-state index contributed by atoms with van der Waals surface area (Å²) >= 11 is 0.996. The second-order valence-corrected chi connectivity index (χ2v) is 6.11. The summed E-state index contributed by atoms with van der Waals surface area (Å²) in [6, 6.07) is 3.02. The molecule has 0 fully saturated rings. The summed E-state index contributed by atoms with van der Waals surface area (Å²) in [5.74, 6) is -1.74. The second kappa shape index (κ2) is 7.12. The summed E-state index contributed by atoms with van der Waals surface area (Å²) in [5, 5.41) is 3.87. The number of esters is 1. The molecule has 0 aromatic heterocycles. The Bertz CT molecular complexity index is 678. The fraction of sp³-hybridized carbons (Fsp3) is 0.357. The third kappa shape index (κ3) is 4.40. The summed E-state index contributed by atoms with van der Waals surface area (Å²) in [6.07, 6.45) is -4.72. The van der Waals surface area contributed by atoms with E-state index in [2.05, 4.69) is 15.4 Å². The van der Waals surface area contributed by atoms with Gasteiger partial charge in [0.2, 0.25) is 11.8 Å². The number of rotatable bonds is 4. The van der Waals surface area contributed by atoms with Crippen LogP contribution in [0.15, 0.2) is 23.1 Å². The van der Waals surface area contributed by atoms with Gasteiger partial charge in [-0.05, 0) is 18.2 Å². The van der Waals surface area contributed by atoms with Gasteiger partial charge in [-0.1, -0.05) is 0 Å². The summed E-state index contributed by atoms with van der Waals surface area (Å²) in [7, 11) is 1.17. The molecule has 1 aromatic carbocycles. The Morgan fingerprint density at radius 2 is 2.08 bits per heavy atom. The number of alkyl halides is 3. The van der Waals surface area contributed by atoms with Gasteiger partial charge in [0.1, 0.15) is 6.54 Å². The molecule has 6 nitrogen and oxygen atoms in total. The van der Waals surface area contributed by atoms with Crippen molar-refractivity contribution in [2.75, 3.05) is 19.0 Å². The molecule has 0 saturated heterocycles. The van der Waals surface area contributed by atoms with E-state index in [1.165, 1.54) is 13.2 Å². The van der Waals surface area contributed by atoms with E-state index in [0.717, 1.165) is 23.9 Å². The van der Waals surface area contributed by atoms with Crippen molar-refractivity contribution in [3.05, 3.63) is 23.8 Å². The zero-order valence-corrected chi connectivity index (χ0v) is 13.2. The molecule has 24 heavy (non-hydrogen) atoms. The second-order valence-electron chi connectivity index (χ2n) is 4.86. The first-order chi connectivity index (χ1) is 11.2. The van der Waals surface area contributed by atoms with Gasteiger partial charge in [0, 0.05) is 11.3 Å². The maximum Gasteiger partial charge on any atom is 0.416 e. The van der Waals surface area contributed by atoms with Crippen molar-refractivity contribution in [1.82, 2.24) is 5.32 Å². The minimum atomic E-state index is -4.50. The van der Waals surface area contributed by atoms with Crippen LogP contribution in [0.2, 0.25) is 0 Å². The highest BCUT2D eigenvalue weighted by atomic mass is 32.2. The average molecular weight is 362 g/mol. The molecule has 1 unspecified atom stereocenters. The molecule has 0 radical (unpaired) electrons. The number of ether oxygens (including phenoxy) is 1. The summed E-state index contributed by atoms with van der Waals surface area (Å²) in [6.45, 7) is -0.320. The van der Waals surface area contributed by atoms with Crippen molar-refractivity contribution >= 4 is 35.2 Å². The quantitative estimate of drug-likeness (QED) is 0.798. The topological polar surface area (TPSA) is 84.5 Å². The van der Waals surface area contributed by atoms with Gasteiger partial charge in [-0.15, -0.1) is 11.8 Å². The highest BCUT2D eigenvalue weighted by Gasteiger charge is 2.34. The molecule has 2 rings (SSSR count). The zero-order valence-electron chi connectivity index (χ0n) is 12.4. The number of halogens is 3. The number of methoxy groups -OCH3 is 1. The lowest BCUT2D eigenvalue weighted by Gasteiger charge is -2.24. The van der Waals surface area contributed by atoms with Gasteiger partial charge in [-0.3, -0.25) is 14.4 Å². The maximum absolute atomic E-state index is 12.7. The van der Waals surface area contributed by atoms with Crippen LogP contribution in [0.4, 0.5) is 18.9 Å². The van der Waals surface area contributed by atoms with Crippen molar-refractivity contribution < 1.29 is 32.3 Å². The molecule has 0 spiro atoms. The molecule has 1 heterocycles. The monoisotopic (exact) mass is 362 g/mol. The summed E-state index contributed by atoms with van der Waals surface area (Å²) in [5.41, 5.74) is -0.803. The predicted octanol–water partition coefficient (Wildman–Crippen LogP) is 1.80. The SMILES string of the molecule is COC(=O)CNC(=O)CC1Sc2ccc(C(F)(F)F)cc2NC1=O. The average Bonchev–Trinajstić information content (AvgIpc) is 2.51. The van der Waals surface area contributed by atoms with Crippen molar-refractivity contribution in [2.24, 2.45) is 0 Å². The third-order valence-electron chi connectivity index (χ3n) is 3.15. The van der Waals surface area contributed by atoms with Gasteiger partial charge in [0.05, 0.1) is 23.6 Å². The van der Waals surface area contributed by atoms with Crippen LogP contribution in [0.5, 0.6) is 0 Å². The zero-order chi connectivity index (χ0) is 17.9. The summed E-state index contributed by atoms with van der Waals surface area (Å²) in [4.78, 5) is 35.1. The Balaban J connectivity index is 2.03. The van der Waals surface area contributed by atoms with E-state index in [4.69, 9.17) is 0 Å². The Morgan fingerprint density at radius 3 is 2.71 bits per heavy atom.